The second-order valence-corrected chi connectivity index (χ2v) is 9.16. The Morgan fingerprint density at radius 2 is 1.76 bits per heavy atom. The van der Waals surface area contributed by atoms with Crippen LogP contribution in [0.15, 0.2) is 42.5 Å². The number of nitrogens with zero attached hydrogens (tertiary/aromatic N) is 1. The van der Waals surface area contributed by atoms with E-state index in [1.165, 1.54) is 27.7 Å². The van der Waals surface area contributed by atoms with Crippen LogP contribution in [0.3, 0.4) is 0 Å². The lowest BCUT2D eigenvalue weighted by molar-refractivity contribution is 0.0940. The highest BCUT2D eigenvalue weighted by Gasteiger charge is 2.17. The molecule has 0 unspecified atom stereocenters. The molecule has 0 aliphatic heterocycles. The smallest absolute Gasteiger partial charge is 0.251 e. The molecule has 2 aromatic carbocycles. The first kappa shape index (κ1) is 21.2. The second-order valence-electron chi connectivity index (χ2n) is 9.16. The molecule has 156 valence electrons. The summed E-state index contributed by atoms with van der Waals surface area (Å²) in [5.74, 6) is -0.0282. The summed E-state index contributed by atoms with van der Waals surface area (Å²) in [7, 11) is 0. The molecule has 29 heavy (non-hydrogen) atoms. The van der Waals surface area contributed by atoms with Crippen molar-refractivity contribution in [3.8, 4) is 0 Å². The Bertz CT molecular complexity index is 1030. The molecule has 0 aliphatic carbocycles. The van der Waals surface area contributed by atoms with Gasteiger partial charge in [-0.3, -0.25) is 4.79 Å². The maximum atomic E-state index is 12.9. The van der Waals surface area contributed by atoms with Crippen molar-refractivity contribution in [1.29, 1.82) is 0 Å². The number of fused-ring (bicyclic) bond motifs is 1. The molecule has 1 heterocycles. The molecular weight excluding hydrogens is 356 g/mol. The Hall–Kier alpha value is -2.55. The van der Waals surface area contributed by atoms with Crippen molar-refractivity contribution in [2.45, 2.75) is 72.9 Å². The van der Waals surface area contributed by atoms with Crippen LogP contribution < -0.4 is 5.32 Å². The molecule has 1 amide bonds. The predicted octanol–water partition coefficient (Wildman–Crippen LogP) is 6.70. The van der Waals surface area contributed by atoms with E-state index in [1.54, 1.807) is 0 Å². The SMILES string of the molecule is CCCn1c(C)c(C)c2cc(C(=O)N[C@@H](C)c3ccc(C(C)(C)C)cc3)ccc21.[HH]. The van der Waals surface area contributed by atoms with Gasteiger partial charge in [0.1, 0.15) is 0 Å². The Morgan fingerprint density at radius 1 is 1.10 bits per heavy atom. The fraction of sp³-hybridized carbons (Fsp3) is 0.423. The summed E-state index contributed by atoms with van der Waals surface area (Å²) in [6, 6.07) is 14.6. The van der Waals surface area contributed by atoms with Crippen LogP contribution in [0.5, 0.6) is 0 Å². The Labute approximate surface area is 176 Å². The van der Waals surface area contributed by atoms with Gasteiger partial charge in [0.25, 0.3) is 5.91 Å². The average Bonchev–Trinajstić information content (AvgIpc) is 2.92. The van der Waals surface area contributed by atoms with E-state index in [4.69, 9.17) is 0 Å². The highest BCUT2D eigenvalue weighted by molar-refractivity contribution is 5.99. The zero-order valence-corrected chi connectivity index (χ0v) is 18.9. The van der Waals surface area contributed by atoms with Gasteiger partial charge < -0.3 is 9.88 Å². The summed E-state index contributed by atoms with van der Waals surface area (Å²) < 4.78 is 2.35. The van der Waals surface area contributed by atoms with Gasteiger partial charge >= 0.3 is 0 Å². The number of benzene rings is 2. The molecule has 3 rings (SSSR count). The van der Waals surface area contributed by atoms with E-state index in [1.807, 2.05) is 19.1 Å². The predicted molar refractivity (Wildman–Crippen MR) is 125 cm³/mol. The topological polar surface area (TPSA) is 34.0 Å². The fourth-order valence-electron chi connectivity index (χ4n) is 3.94. The minimum Gasteiger partial charge on any atom is -0.346 e. The van der Waals surface area contributed by atoms with Crippen LogP contribution >= 0.6 is 0 Å². The molecule has 0 radical (unpaired) electrons. The van der Waals surface area contributed by atoms with Gasteiger partial charge in [-0.15, -0.1) is 0 Å². The molecule has 1 atom stereocenters. The summed E-state index contributed by atoms with van der Waals surface area (Å²) in [6.07, 6.45) is 1.10. The van der Waals surface area contributed by atoms with Gasteiger partial charge in [0.05, 0.1) is 6.04 Å². The van der Waals surface area contributed by atoms with Crippen molar-refractivity contribution in [3.63, 3.8) is 0 Å². The van der Waals surface area contributed by atoms with Gasteiger partial charge in [-0.2, -0.15) is 0 Å². The molecule has 0 bridgehead atoms. The van der Waals surface area contributed by atoms with Gasteiger partial charge in [-0.1, -0.05) is 52.0 Å². The largest absolute Gasteiger partial charge is 0.346 e. The van der Waals surface area contributed by atoms with Crippen LogP contribution in [0.25, 0.3) is 10.9 Å². The molecule has 3 nitrogen and oxygen atoms in total. The maximum absolute atomic E-state index is 12.9. The minimum atomic E-state index is -0.0419. The normalized spacial score (nSPS) is 12.9. The van der Waals surface area contributed by atoms with Crippen molar-refractivity contribution in [2.24, 2.45) is 0 Å². The monoisotopic (exact) mass is 392 g/mol. The van der Waals surface area contributed by atoms with Crippen LogP contribution in [0, 0.1) is 13.8 Å². The van der Waals surface area contributed by atoms with Crippen LogP contribution in [0.2, 0.25) is 0 Å². The standard InChI is InChI=1S/C26H34N2O.H2/c1-8-15-28-19(4)17(2)23-16-21(11-14-24(23)28)25(29)27-18(3)20-9-12-22(13-10-20)26(5,6)7;/h9-14,16,18H,8,15H2,1-7H3,(H,27,29);1H/t18-;/m0./s1. The summed E-state index contributed by atoms with van der Waals surface area (Å²) in [5, 5.41) is 4.33. The van der Waals surface area contributed by atoms with Gasteiger partial charge in [0, 0.05) is 30.1 Å². The number of amides is 1. The number of nitrogens with one attached hydrogen (secondary N) is 1. The lowest BCUT2D eigenvalue weighted by Crippen LogP contribution is -2.26. The average molecular weight is 393 g/mol. The molecule has 0 spiro atoms. The fourth-order valence-corrected chi connectivity index (χ4v) is 3.94. The highest BCUT2D eigenvalue weighted by Crippen LogP contribution is 2.27. The Balaban J connectivity index is 0.00000320. The van der Waals surface area contributed by atoms with E-state index in [9.17, 15) is 4.79 Å². The van der Waals surface area contributed by atoms with E-state index in [-0.39, 0.29) is 18.8 Å². The van der Waals surface area contributed by atoms with Crippen LogP contribution in [-0.2, 0) is 12.0 Å². The number of hydrogen-bond donors (Lipinski definition) is 1. The van der Waals surface area contributed by atoms with Crippen LogP contribution in [0.1, 0.15) is 81.3 Å². The minimum absolute atomic E-state index is 0. The summed E-state index contributed by atoms with van der Waals surface area (Å²) >= 11 is 0. The molecule has 0 fully saturated rings. The summed E-state index contributed by atoms with van der Waals surface area (Å²) in [4.78, 5) is 12.9. The van der Waals surface area contributed by atoms with Crippen molar-refractivity contribution < 1.29 is 6.22 Å². The van der Waals surface area contributed by atoms with Crippen LogP contribution in [0.4, 0.5) is 0 Å². The molecule has 1 aromatic heterocycles. The van der Waals surface area contributed by atoms with E-state index in [0.29, 0.717) is 5.56 Å². The lowest BCUT2D eigenvalue weighted by atomic mass is 9.86. The first-order chi connectivity index (χ1) is 13.6. The van der Waals surface area contributed by atoms with Gasteiger partial charge in [0.15, 0.2) is 0 Å². The Morgan fingerprint density at radius 3 is 2.34 bits per heavy atom. The van der Waals surface area contributed by atoms with Crippen molar-refractivity contribution in [2.75, 3.05) is 0 Å². The maximum Gasteiger partial charge on any atom is 0.251 e. The zero-order valence-electron chi connectivity index (χ0n) is 18.9. The summed E-state index contributed by atoms with van der Waals surface area (Å²) in [6.45, 7) is 16.2. The quantitative estimate of drug-likeness (QED) is 0.515. The van der Waals surface area contributed by atoms with Gasteiger partial charge in [-0.25, -0.2) is 0 Å². The molecule has 0 saturated heterocycles. The van der Waals surface area contributed by atoms with Crippen molar-refractivity contribution in [3.05, 3.63) is 70.4 Å². The number of aryl methyl sites for hydroxylation is 2. The summed E-state index contributed by atoms with van der Waals surface area (Å²) in [5.41, 5.74) is 7.02. The molecular formula is C26H36N2O. The zero-order chi connectivity index (χ0) is 21.3. The van der Waals surface area contributed by atoms with Crippen LogP contribution in [-0.4, -0.2) is 10.5 Å². The highest BCUT2D eigenvalue weighted by atomic mass is 16.1. The lowest BCUT2D eigenvalue weighted by Gasteiger charge is -2.20. The number of rotatable bonds is 5. The third-order valence-electron chi connectivity index (χ3n) is 5.97. The van der Waals surface area contributed by atoms with E-state index >= 15 is 0 Å². The third-order valence-corrected chi connectivity index (χ3v) is 5.97. The number of carbonyl (C=O) groups is 1. The number of hydrogen-bond acceptors (Lipinski definition) is 1. The molecule has 0 saturated carbocycles. The molecule has 3 heteroatoms. The molecule has 3 aromatic rings. The molecule has 1 N–H and O–H groups in total. The number of aromatic nitrogens is 1. The van der Waals surface area contributed by atoms with Gasteiger partial charge in [0.2, 0.25) is 0 Å². The second kappa shape index (κ2) is 8.06. The first-order valence-electron chi connectivity index (χ1n) is 10.6. The number of carbonyl (C=O) groups excluding carboxylic acids is 1. The van der Waals surface area contributed by atoms with Crippen molar-refractivity contribution >= 4 is 16.8 Å². The van der Waals surface area contributed by atoms with E-state index in [2.05, 4.69) is 81.8 Å². The van der Waals surface area contributed by atoms with Crippen molar-refractivity contribution in [1.82, 2.24) is 9.88 Å². The third kappa shape index (κ3) is 4.24. The van der Waals surface area contributed by atoms with E-state index in [0.717, 1.165) is 18.5 Å². The molecule has 0 aliphatic rings. The first-order valence-corrected chi connectivity index (χ1v) is 10.6. The van der Waals surface area contributed by atoms with Gasteiger partial charge in [-0.05, 0) is 67.5 Å². The Kier molecular flexibility index (Phi) is 5.88. The van der Waals surface area contributed by atoms with E-state index < -0.39 is 0 Å².